The number of amides is 2. The van der Waals surface area contributed by atoms with E-state index in [1.54, 1.807) is 0 Å². The van der Waals surface area contributed by atoms with Crippen LogP contribution in [0.15, 0.2) is 30.5 Å². The van der Waals surface area contributed by atoms with Crippen LogP contribution in [0.3, 0.4) is 0 Å². The Morgan fingerprint density at radius 2 is 2.04 bits per heavy atom. The highest BCUT2D eigenvalue weighted by atomic mass is 16.2. The Kier molecular flexibility index (Phi) is 4.19. The van der Waals surface area contributed by atoms with E-state index in [2.05, 4.69) is 26.9 Å². The van der Waals surface area contributed by atoms with Gasteiger partial charge in [-0.15, -0.1) is 0 Å². The number of carbonyl (C=O) groups is 1. The Hall–Kier alpha value is -2.01. The van der Waals surface area contributed by atoms with Crippen LogP contribution in [-0.2, 0) is 7.05 Å². The maximum absolute atomic E-state index is 12.6. The van der Waals surface area contributed by atoms with Crippen molar-refractivity contribution in [2.45, 2.75) is 19.3 Å². The number of nitrogens with one attached hydrogen (secondary N) is 1. The van der Waals surface area contributed by atoms with Crippen molar-refractivity contribution >= 4 is 22.6 Å². The van der Waals surface area contributed by atoms with Crippen LogP contribution in [0.1, 0.15) is 19.3 Å². The largest absolute Gasteiger partial charge is 0.350 e. The molecule has 0 bridgehead atoms. The zero-order chi connectivity index (χ0) is 16.5. The highest BCUT2D eigenvalue weighted by Gasteiger charge is 2.28. The molecule has 0 unspecified atom stereocenters. The van der Waals surface area contributed by atoms with Gasteiger partial charge in [-0.1, -0.05) is 6.07 Å². The van der Waals surface area contributed by atoms with E-state index in [-0.39, 0.29) is 6.03 Å². The molecule has 0 spiro atoms. The number of rotatable bonds is 3. The first-order valence-electron chi connectivity index (χ1n) is 9.02. The second-order valence-electron chi connectivity index (χ2n) is 7.24. The van der Waals surface area contributed by atoms with E-state index in [4.69, 9.17) is 0 Å². The summed E-state index contributed by atoms with van der Waals surface area (Å²) in [6, 6.07) is 8.21. The van der Waals surface area contributed by atoms with E-state index in [0.29, 0.717) is 5.92 Å². The van der Waals surface area contributed by atoms with Crippen LogP contribution in [0.2, 0.25) is 0 Å². The van der Waals surface area contributed by atoms with Gasteiger partial charge in [0, 0.05) is 44.1 Å². The van der Waals surface area contributed by atoms with Crippen LogP contribution in [0.5, 0.6) is 0 Å². The van der Waals surface area contributed by atoms with Crippen molar-refractivity contribution in [1.82, 2.24) is 14.4 Å². The quantitative estimate of drug-likeness (QED) is 0.941. The number of anilines is 1. The third-order valence-corrected chi connectivity index (χ3v) is 5.43. The number of carbonyl (C=O) groups excluding carboxylic acids is 1. The Bertz CT molecular complexity index is 732. The van der Waals surface area contributed by atoms with Crippen molar-refractivity contribution in [3.05, 3.63) is 30.5 Å². The van der Waals surface area contributed by atoms with Gasteiger partial charge < -0.3 is 19.7 Å². The van der Waals surface area contributed by atoms with Gasteiger partial charge in [0.15, 0.2) is 0 Å². The average molecular weight is 326 g/mol. The molecule has 4 rings (SSSR count). The number of urea groups is 1. The fourth-order valence-corrected chi connectivity index (χ4v) is 4.04. The van der Waals surface area contributed by atoms with Crippen LogP contribution < -0.4 is 5.32 Å². The maximum atomic E-state index is 12.6. The summed E-state index contributed by atoms with van der Waals surface area (Å²) in [4.78, 5) is 17.1. The van der Waals surface area contributed by atoms with E-state index in [0.717, 1.165) is 37.3 Å². The summed E-state index contributed by atoms with van der Waals surface area (Å²) in [7, 11) is 2.03. The van der Waals surface area contributed by atoms with Crippen LogP contribution in [0.4, 0.5) is 10.5 Å². The number of nitrogens with zero attached hydrogens (tertiary/aromatic N) is 3. The molecule has 2 saturated heterocycles. The van der Waals surface area contributed by atoms with Crippen molar-refractivity contribution in [2.75, 3.05) is 38.0 Å². The molecule has 0 radical (unpaired) electrons. The van der Waals surface area contributed by atoms with Crippen LogP contribution >= 0.6 is 0 Å². The summed E-state index contributed by atoms with van der Waals surface area (Å²) in [5.41, 5.74) is 2.01. The molecular formula is C19H26N4O. The zero-order valence-electron chi connectivity index (χ0n) is 14.4. The third-order valence-electron chi connectivity index (χ3n) is 5.43. The minimum absolute atomic E-state index is 0.0347. The predicted molar refractivity (Wildman–Crippen MR) is 97.3 cm³/mol. The standard InChI is InChI=1S/C19H26N4O/c1-21-10-7-16-4-5-17(12-18(16)21)20-19(24)23-11-6-15(14-23)13-22-8-2-3-9-22/h4-5,7,10,12,15H,2-3,6,8-9,11,13-14H2,1H3,(H,20,24)/t15-/m1/s1. The normalized spacial score (nSPS) is 21.7. The first-order valence-corrected chi connectivity index (χ1v) is 9.02. The summed E-state index contributed by atoms with van der Waals surface area (Å²) in [5.74, 6) is 0.629. The van der Waals surface area contributed by atoms with Crippen LogP contribution in [0.25, 0.3) is 10.9 Å². The molecule has 2 aliphatic heterocycles. The van der Waals surface area contributed by atoms with Crippen molar-refractivity contribution in [3.63, 3.8) is 0 Å². The number of hydrogen-bond acceptors (Lipinski definition) is 2. The Morgan fingerprint density at radius 1 is 1.21 bits per heavy atom. The van der Waals surface area contributed by atoms with Gasteiger partial charge in [0.05, 0.1) is 0 Å². The highest BCUT2D eigenvalue weighted by Crippen LogP contribution is 2.23. The van der Waals surface area contributed by atoms with Gasteiger partial charge in [0.25, 0.3) is 0 Å². The molecule has 1 aromatic carbocycles. The lowest BCUT2D eigenvalue weighted by Gasteiger charge is -2.21. The summed E-state index contributed by atoms with van der Waals surface area (Å²) in [6.07, 6.45) is 5.83. The van der Waals surface area contributed by atoms with E-state index in [9.17, 15) is 4.79 Å². The lowest BCUT2D eigenvalue weighted by atomic mass is 10.1. The lowest BCUT2D eigenvalue weighted by Crippen LogP contribution is -2.34. The van der Waals surface area contributed by atoms with Gasteiger partial charge in [-0.3, -0.25) is 0 Å². The Morgan fingerprint density at radius 3 is 2.88 bits per heavy atom. The second kappa shape index (κ2) is 6.48. The molecule has 24 heavy (non-hydrogen) atoms. The van der Waals surface area contributed by atoms with E-state index >= 15 is 0 Å². The number of likely N-dealkylation sites (tertiary alicyclic amines) is 2. The first-order chi connectivity index (χ1) is 11.7. The first kappa shape index (κ1) is 15.5. The molecule has 1 aromatic heterocycles. The topological polar surface area (TPSA) is 40.5 Å². The lowest BCUT2D eigenvalue weighted by molar-refractivity contribution is 0.217. The highest BCUT2D eigenvalue weighted by molar-refractivity contribution is 5.93. The fraction of sp³-hybridized carbons (Fsp3) is 0.526. The molecule has 2 aromatic rings. The molecule has 128 valence electrons. The van der Waals surface area contributed by atoms with Crippen LogP contribution in [0, 0.1) is 5.92 Å². The molecule has 0 saturated carbocycles. The minimum atomic E-state index is 0.0347. The summed E-state index contributed by atoms with van der Waals surface area (Å²) in [6.45, 7) is 5.38. The van der Waals surface area contributed by atoms with E-state index in [1.165, 1.54) is 31.3 Å². The Labute approximate surface area is 143 Å². The molecule has 5 nitrogen and oxygen atoms in total. The maximum Gasteiger partial charge on any atom is 0.321 e. The summed E-state index contributed by atoms with van der Waals surface area (Å²) in [5, 5.41) is 4.26. The van der Waals surface area contributed by atoms with Gasteiger partial charge in [0.1, 0.15) is 0 Å². The smallest absolute Gasteiger partial charge is 0.321 e. The molecule has 1 atom stereocenters. The van der Waals surface area contributed by atoms with Crippen molar-refractivity contribution in [2.24, 2.45) is 13.0 Å². The molecule has 3 heterocycles. The summed E-state index contributed by atoms with van der Waals surface area (Å²) < 4.78 is 2.08. The number of aromatic nitrogens is 1. The molecule has 5 heteroatoms. The second-order valence-corrected chi connectivity index (χ2v) is 7.24. The molecule has 1 N–H and O–H groups in total. The van der Waals surface area contributed by atoms with Crippen molar-refractivity contribution < 1.29 is 4.79 Å². The third kappa shape index (κ3) is 3.13. The molecule has 0 aliphatic carbocycles. The number of benzene rings is 1. The monoisotopic (exact) mass is 326 g/mol. The summed E-state index contributed by atoms with van der Waals surface area (Å²) >= 11 is 0. The fourth-order valence-electron chi connectivity index (χ4n) is 4.04. The number of fused-ring (bicyclic) bond motifs is 1. The van der Waals surface area contributed by atoms with Crippen molar-refractivity contribution in [3.8, 4) is 0 Å². The SMILES string of the molecule is Cn1ccc2ccc(NC(=O)N3CC[C@H](CN4CCCC4)C3)cc21. The minimum Gasteiger partial charge on any atom is -0.350 e. The molecular weight excluding hydrogens is 300 g/mol. The van der Waals surface area contributed by atoms with Gasteiger partial charge in [-0.05, 0) is 61.9 Å². The van der Waals surface area contributed by atoms with Crippen molar-refractivity contribution in [1.29, 1.82) is 0 Å². The number of aryl methyl sites for hydroxylation is 1. The van der Waals surface area contributed by atoms with Crippen LogP contribution in [-0.4, -0.2) is 53.1 Å². The molecule has 2 amide bonds. The molecule has 2 fully saturated rings. The Balaban J connectivity index is 1.36. The molecule has 2 aliphatic rings. The average Bonchev–Trinajstić information content (AvgIpc) is 3.31. The predicted octanol–water partition coefficient (Wildman–Crippen LogP) is 3.13. The van der Waals surface area contributed by atoms with E-state index in [1.807, 2.05) is 30.3 Å². The van der Waals surface area contributed by atoms with Gasteiger partial charge in [-0.2, -0.15) is 0 Å². The van der Waals surface area contributed by atoms with E-state index < -0.39 is 0 Å². The van der Waals surface area contributed by atoms with Gasteiger partial charge >= 0.3 is 6.03 Å². The zero-order valence-corrected chi connectivity index (χ0v) is 14.4. The van der Waals surface area contributed by atoms with Gasteiger partial charge in [0.2, 0.25) is 0 Å². The van der Waals surface area contributed by atoms with Gasteiger partial charge in [-0.25, -0.2) is 4.79 Å². The number of hydrogen-bond donors (Lipinski definition) is 1.